The average Bonchev–Trinajstić information content (AvgIpc) is 2.37. The van der Waals surface area contributed by atoms with Crippen LogP contribution in [0.25, 0.3) is 0 Å². The molecule has 0 aliphatic heterocycles. The Morgan fingerprint density at radius 3 is 2.39 bits per heavy atom. The number of likely N-dealkylation sites (N-methyl/N-ethyl adjacent to an activating group) is 1. The molecule has 6 nitrogen and oxygen atoms in total. The molecule has 3 N–H and O–H groups in total. The summed E-state index contributed by atoms with van der Waals surface area (Å²) < 4.78 is 5.26. The molecule has 1 amide bonds. The van der Waals surface area contributed by atoms with Gasteiger partial charge in [-0.2, -0.15) is 0 Å². The highest BCUT2D eigenvalue weighted by Gasteiger charge is 2.25. The maximum Gasteiger partial charge on any atom is 0.330 e. The zero-order valence-corrected chi connectivity index (χ0v) is 10.3. The number of carbonyl (C=O) groups excluding carboxylic acids is 1. The topological polar surface area (TPSA) is 92.9 Å². The third-order valence-corrected chi connectivity index (χ3v) is 2.40. The van der Waals surface area contributed by atoms with Gasteiger partial charge in [-0.05, 0) is 31.2 Å². The number of ether oxygens (including phenoxy) is 1. The first kappa shape index (κ1) is 14.0. The van der Waals surface area contributed by atoms with Crippen LogP contribution in [0.5, 0.6) is 5.75 Å². The smallest absolute Gasteiger partial charge is 0.330 e. The van der Waals surface area contributed by atoms with Gasteiger partial charge in [0.05, 0.1) is 6.61 Å². The molecule has 98 valence electrons. The molecule has 1 aromatic carbocycles. The minimum absolute atomic E-state index is 0.554. The van der Waals surface area contributed by atoms with Crippen LogP contribution in [0.15, 0.2) is 24.3 Å². The van der Waals surface area contributed by atoms with E-state index in [9.17, 15) is 9.59 Å². The molecule has 0 bridgehead atoms. The number of anilines is 1. The van der Waals surface area contributed by atoms with Crippen LogP contribution in [-0.4, -0.2) is 36.7 Å². The van der Waals surface area contributed by atoms with Crippen molar-refractivity contribution in [2.75, 3.05) is 18.6 Å². The van der Waals surface area contributed by atoms with Crippen LogP contribution in [0.3, 0.4) is 0 Å². The van der Waals surface area contributed by atoms with Gasteiger partial charge in [0.2, 0.25) is 0 Å². The fourth-order valence-corrected chi connectivity index (χ4v) is 1.37. The largest absolute Gasteiger partial charge is 0.494 e. The first-order valence-corrected chi connectivity index (χ1v) is 5.46. The fourth-order valence-electron chi connectivity index (χ4n) is 1.37. The number of carboxylic acids is 1. The summed E-state index contributed by atoms with van der Waals surface area (Å²) >= 11 is 0. The molecule has 1 aromatic rings. The van der Waals surface area contributed by atoms with Gasteiger partial charge in [0.15, 0.2) is 6.04 Å². The number of rotatable bonds is 5. The van der Waals surface area contributed by atoms with Crippen LogP contribution in [-0.2, 0) is 9.59 Å². The normalized spacial score (nSPS) is 11.7. The maximum absolute atomic E-state index is 11.7. The van der Waals surface area contributed by atoms with Crippen molar-refractivity contribution in [1.29, 1.82) is 0 Å². The van der Waals surface area contributed by atoms with Crippen molar-refractivity contribution in [3.05, 3.63) is 24.3 Å². The van der Waals surface area contributed by atoms with E-state index in [2.05, 4.69) is 0 Å². The monoisotopic (exact) mass is 252 g/mol. The molecule has 1 rings (SSSR count). The van der Waals surface area contributed by atoms with Crippen LogP contribution in [0, 0.1) is 0 Å². The molecule has 18 heavy (non-hydrogen) atoms. The Kier molecular flexibility index (Phi) is 4.67. The lowest BCUT2D eigenvalue weighted by atomic mass is 10.2. The van der Waals surface area contributed by atoms with E-state index >= 15 is 0 Å². The lowest BCUT2D eigenvalue weighted by Gasteiger charge is -2.19. The number of nitrogens with zero attached hydrogens (tertiary/aromatic N) is 1. The molecule has 1 unspecified atom stereocenters. The summed E-state index contributed by atoms with van der Waals surface area (Å²) in [6.07, 6.45) is 0. The Balaban J connectivity index is 2.80. The molecule has 0 saturated carbocycles. The highest BCUT2D eigenvalue weighted by Crippen LogP contribution is 2.18. The number of nitrogens with two attached hydrogens (primary N) is 1. The van der Waals surface area contributed by atoms with Crippen LogP contribution in [0.4, 0.5) is 5.69 Å². The molecule has 0 radical (unpaired) electrons. The zero-order valence-electron chi connectivity index (χ0n) is 10.3. The van der Waals surface area contributed by atoms with Gasteiger partial charge >= 0.3 is 5.97 Å². The molecule has 0 aliphatic carbocycles. The van der Waals surface area contributed by atoms with Gasteiger partial charge in [0, 0.05) is 12.7 Å². The lowest BCUT2D eigenvalue weighted by Crippen LogP contribution is -2.46. The van der Waals surface area contributed by atoms with Crippen LogP contribution in [0.2, 0.25) is 0 Å². The minimum Gasteiger partial charge on any atom is -0.494 e. The van der Waals surface area contributed by atoms with Gasteiger partial charge in [-0.1, -0.05) is 0 Å². The molecular formula is C12H16N2O4. The molecule has 0 aromatic heterocycles. The first-order valence-electron chi connectivity index (χ1n) is 5.46. The number of aliphatic carboxylic acids is 1. The fraction of sp³-hybridized carbons (Fsp3) is 0.333. The predicted octanol–water partition coefficient (Wildman–Crippen LogP) is 0.460. The van der Waals surface area contributed by atoms with Crippen LogP contribution in [0.1, 0.15) is 6.92 Å². The summed E-state index contributed by atoms with van der Waals surface area (Å²) in [5.41, 5.74) is 5.82. The Morgan fingerprint density at radius 1 is 1.39 bits per heavy atom. The number of hydrogen-bond acceptors (Lipinski definition) is 4. The number of benzene rings is 1. The molecule has 0 fully saturated rings. The quantitative estimate of drug-likeness (QED) is 0.743. The van der Waals surface area contributed by atoms with Gasteiger partial charge in [0.25, 0.3) is 5.91 Å². The third kappa shape index (κ3) is 3.21. The first-order chi connectivity index (χ1) is 8.47. The zero-order chi connectivity index (χ0) is 13.7. The van der Waals surface area contributed by atoms with E-state index in [0.717, 1.165) is 0 Å². The molecule has 0 aliphatic rings. The summed E-state index contributed by atoms with van der Waals surface area (Å²) in [5.74, 6) is -1.34. The van der Waals surface area contributed by atoms with Crippen molar-refractivity contribution in [1.82, 2.24) is 0 Å². The Labute approximate surface area is 105 Å². The van der Waals surface area contributed by atoms with E-state index in [1.807, 2.05) is 6.92 Å². The van der Waals surface area contributed by atoms with Gasteiger partial charge in [-0.3, -0.25) is 4.79 Å². The highest BCUT2D eigenvalue weighted by molar-refractivity contribution is 6.08. The highest BCUT2D eigenvalue weighted by atomic mass is 16.5. The van der Waals surface area contributed by atoms with E-state index in [4.69, 9.17) is 15.6 Å². The van der Waals surface area contributed by atoms with E-state index in [1.54, 1.807) is 24.3 Å². The molecule has 0 saturated heterocycles. The van der Waals surface area contributed by atoms with Gasteiger partial charge in [0.1, 0.15) is 5.75 Å². The Morgan fingerprint density at radius 2 is 1.94 bits per heavy atom. The van der Waals surface area contributed by atoms with Crippen molar-refractivity contribution < 1.29 is 19.4 Å². The van der Waals surface area contributed by atoms with E-state index in [0.29, 0.717) is 18.0 Å². The van der Waals surface area contributed by atoms with E-state index < -0.39 is 17.9 Å². The van der Waals surface area contributed by atoms with Crippen molar-refractivity contribution in [2.24, 2.45) is 5.73 Å². The van der Waals surface area contributed by atoms with Gasteiger partial charge in [-0.25, -0.2) is 4.79 Å². The van der Waals surface area contributed by atoms with Crippen LogP contribution < -0.4 is 15.4 Å². The molecule has 0 heterocycles. The standard InChI is InChI=1S/C12H16N2O4/c1-3-18-9-6-4-8(5-7-9)14(2)11(15)10(13)12(16)17/h4-7,10H,3,13H2,1-2H3,(H,16,17). The van der Waals surface area contributed by atoms with Crippen molar-refractivity contribution in [3.63, 3.8) is 0 Å². The molecule has 1 atom stereocenters. The summed E-state index contributed by atoms with van der Waals surface area (Å²) in [5, 5.41) is 8.67. The van der Waals surface area contributed by atoms with Crippen molar-refractivity contribution in [2.45, 2.75) is 13.0 Å². The van der Waals surface area contributed by atoms with E-state index in [1.165, 1.54) is 11.9 Å². The second-order valence-corrected chi connectivity index (χ2v) is 3.64. The summed E-state index contributed by atoms with van der Waals surface area (Å²) in [4.78, 5) is 23.5. The predicted molar refractivity (Wildman–Crippen MR) is 66.6 cm³/mol. The van der Waals surface area contributed by atoms with Crippen molar-refractivity contribution in [3.8, 4) is 5.75 Å². The second kappa shape index (κ2) is 6.02. The maximum atomic E-state index is 11.7. The Hall–Kier alpha value is -2.08. The number of carboxylic acid groups (broad SMARTS) is 1. The third-order valence-electron chi connectivity index (χ3n) is 2.40. The van der Waals surface area contributed by atoms with Gasteiger partial charge < -0.3 is 20.5 Å². The lowest BCUT2D eigenvalue weighted by molar-refractivity contribution is -0.142. The number of amides is 1. The second-order valence-electron chi connectivity index (χ2n) is 3.64. The Bertz CT molecular complexity index is 430. The minimum atomic E-state index is -1.55. The summed E-state index contributed by atoms with van der Waals surface area (Å²) in [6.45, 7) is 2.42. The molecule has 6 heteroatoms. The van der Waals surface area contributed by atoms with Crippen LogP contribution >= 0.6 is 0 Å². The average molecular weight is 252 g/mol. The van der Waals surface area contributed by atoms with Gasteiger partial charge in [-0.15, -0.1) is 0 Å². The summed E-state index contributed by atoms with van der Waals surface area (Å²) in [7, 11) is 1.47. The summed E-state index contributed by atoms with van der Waals surface area (Å²) in [6, 6.07) is 5.18. The number of hydrogen-bond donors (Lipinski definition) is 2. The SMILES string of the molecule is CCOc1ccc(N(C)C(=O)C(N)C(=O)O)cc1. The molecular weight excluding hydrogens is 236 g/mol. The van der Waals surface area contributed by atoms with Crippen molar-refractivity contribution >= 4 is 17.6 Å². The molecule has 0 spiro atoms. The van der Waals surface area contributed by atoms with E-state index in [-0.39, 0.29) is 0 Å². The number of carbonyl (C=O) groups is 2.